The van der Waals surface area contributed by atoms with Gasteiger partial charge in [-0.2, -0.15) is 0 Å². The Kier molecular flexibility index (Phi) is 17.3. The molecule has 1 heterocycles. The molecule has 0 aromatic heterocycles. The standard InChI is InChI=1S/C24H47NO4/c1-2-3-4-5-6-7-8-9-10-12-16-23(17-21-26)29-24(27)28-22-15-20-25-18-13-11-14-19-25/h23,26H,2-22H2,1H3/t23-/m0/s1. The molecule has 0 spiro atoms. The lowest BCUT2D eigenvalue weighted by Crippen LogP contribution is -2.31. The maximum Gasteiger partial charge on any atom is 0.508 e. The number of carbonyl (C=O) groups is 1. The van der Waals surface area contributed by atoms with Gasteiger partial charge in [0.2, 0.25) is 0 Å². The minimum atomic E-state index is -0.575. The molecule has 5 nitrogen and oxygen atoms in total. The second-order valence-corrected chi connectivity index (χ2v) is 8.58. The van der Waals surface area contributed by atoms with Crippen LogP contribution >= 0.6 is 0 Å². The van der Waals surface area contributed by atoms with Gasteiger partial charge in [-0.15, -0.1) is 0 Å². The molecule has 0 amide bonds. The summed E-state index contributed by atoms with van der Waals surface area (Å²) in [5.41, 5.74) is 0. The van der Waals surface area contributed by atoms with Crippen LogP contribution in [0.5, 0.6) is 0 Å². The van der Waals surface area contributed by atoms with E-state index in [-0.39, 0.29) is 12.7 Å². The molecule has 1 N–H and O–H groups in total. The summed E-state index contributed by atoms with van der Waals surface area (Å²) in [6.07, 6.45) is 18.2. The van der Waals surface area contributed by atoms with Gasteiger partial charge in [0.05, 0.1) is 6.61 Å². The predicted octanol–water partition coefficient (Wildman–Crippen LogP) is 6.08. The number of hydrogen-bond acceptors (Lipinski definition) is 5. The van der Waals surface area contributed by atoms with E-state index < -0.39 is 6.16 Å². The molecule has 1 aliphatic rings. The highest BCUT2D eigenvalue weighted by molar-refractivity contribution is 5.60. The molecule has 0 aromatic rings. The van der Waals surface area contributed by atoms with Gasteiger partial charge >= 0.3 is 6.16 Å². The number of hydrogen-bond donors (Lipinski definition) is 1. The second-order valence-electron chi connectivity index (χ2n) is 8.58. The van der Waals surface area contributed by atoms with Crippen LogP contribution in [-0.4, -0.2) is 55.1 Å². The van der Waals surface area contributed by atoms with E-state index in [0.717, 1.165) is 25.8 Å². The zero-order valence-electron chi connectivity index (χ0n) is 19.0. The molecule has 5 heteroatoms. The molecule has 172 valence electrons. The number of ether oxygens (including phenoxy) is 2. The van der Waals surface area contributed by atoms with E-state index >= 15 is 0 Å². The van der Waals surface area contributed by atoms with Gasteiger partial charge in [0.25, 0.3) is 0 Å². The molecule has 0 bridgehead atoms. The predicted molar refractivity (Wildman–Crippen MR) is 119 cm³/mol. The van der Waals surface area contributed by atoms with Crippen LogP contribution in [0, 0.1) is 0 Å². The molecular weight excluding hydrogens is 366 g/mol. The summed E-state index contributed by atoms with van der Waals surface area (Å²) >= 11 is 0. The van der Waals surface area contributed by atoms with Crippen molar-refractivity contribution in [2.45, 2.75) is 116 Å². The molecule has 29 heavy (non-hydrogen) atoms. The molecule has 1 fully saturated rings. The molecule has 1 atom stereocenters. The Bertz CT molecular complexity index is 372. The zero-order chi connectivity index (χ0) is 21.0. The number of unbranched alkanes of at least 4 members (excludes halogenated alkanes) is 9. The number of piperidine rings is 1. The van der Waals surface area contributed by atoms with Gasteiger partial charge < -0.3 is 19.5 Å². The monoisotopic (exact) mass is 413 g/mol. The maximum atomic E-state index is 11.9. The Balaban J connectivity index is 1.99. The number of aliphatic hydroxyl groups is 1. The van der Waals surface area contributed by atoms with Crippen molar-refractivity contribution in [3.05, 3.63) is 0 Å². The summed E-state index contributed by atoms with van der Waals surface area (Å²) in [6.45, 7) is 6.05. The molecule has 0 aliphatic carbocycles. The quantitative estimate of drug-likeness (QED) is 0.218. The lowest BCUT2D eigenvalue weighted by atomic mass is 10.0. The van der Waals surface area contributed by atoms with Crippen molar-refractivity contribution in [1.82, 2.24) is 4.90 Å². The fourth-order valence-corrected chi connectivity index (χ4v) is 4.06. The summed E-state index contributed by atoms with van der Waals surface area (Å²) < 4.78 is 10.7. The van der Waals surface area contributed by atoms with Gasteiger partial charge in [0.1, 0.15) is 6.10 Å². The molecule has 1 aliphatic heterocycles. The third kappa shape index (κ3) is 15.7. The van der Waals surface area contributed by atoms with Gasteiger partial charge in [-0.25, -0.2) is 4.79 Å². The topological polar surface area (TPSA) is 59.0 Å². The van der Waals surface area contributed by atoms with Crippen molar-refractivity contribution in [3.8, 4) is 0 Å². The fourth-order valence-electron chi connectivity index (χ4n) is 4.06. The van der Waals surface area contributed by atoms with Crippen molar-refractivity contribution in [2.24, 2.45) is 0 Å². The van der Waals surface area contributed by atoms with Crippen molar-refractivity contribution < 1.29 is 19.4 Å². The summed E-state index contributed by atoms with van der Waals surface area (Å²) in [7, 11) is 0. The normalized spacial score (nSPS) is 15.9. The second kappa shape index (κ2) is 19.2. The van der Waals surface area contributed by atoms with Crippen molar-refractivity contribution >= 4 is 6.16 Å². The minimum absolute atomic E-state index is 0.0463. The van der Waals surface area contributed by atoms with Crippen LogP contribution in [0.2, 0.25) is 0 Å². The van der Waals surface area contributed by atoms with E-state index in [2.05, 4.69) is 11.8 Å². The number of rotatable bonds is 18. The SMILES string of the molecule is CCCCCCCCCCCC[C@@H](CCO)OC(=O)OCCCN1CCCCC1. The van der Waals surface area contributed by atoms with Crippen LogP contribution in [0.4, 0.5) is 4.79 Å². The van der Waals surface area contributed by atoms with Gasteiger partial charge in [0.15, 0.2) is 0 Å². The van der Waals surface area contributed by atoms with E-state index in [9.17, 15) is 9.90 Å². The average Bonchev–Trinajstić information content (AvgIpc) is 2.73. The van der Waals surface area contributed by atoms with Crippen molar-refractivity contribution in [3.63, 3.8) is 0 Å². The molecule has 0 saturated carbocycles. The zero-order valence-corrected chi connectivity index (χ0v) is 19.0. The fraction of sp³-hybridized carbons (Fsp3) is 0.958. The largest absolute Gasteiger partial charge is 0.508 e. The highest BCUT2D eigenvalue weighted by atomic mass is 16.7. The van der Waals surface area contributed by atoms with Gasteiger partial charge in [0, 0.05) is 19.6 Å². The molecule has 0 aromatic carbocycles. The van der Waals surface area contributed by atoms with E-state index in [0.29, 0.717) is 13.0 Å². The molecule has 0 radical (unpaired) electrons. The third-order valence-corrected chi connectivity index (χ3v) is 5.88. The first kappa shape index (κ1) is 26.2. The Morgan fingerprint density at radius 3 is 2.10 bits per heavy atom. The van der Waals surface area contributed by atoms with Crippen LogP contribution in [0.1, 0.15) is 110 Å². The highest BCUT2D eigenvalue weighted by Crippen LogP contribution is 2.15. The van der Waals surface area contributed by atoms with Crippen LogP contribution in [0.15, 0.2) is 0 Å². The first-order chi connectivity index (χ1) is 14.3. The highest BCUT2D eigenvalue weighted by Gasteiger charge is 2.15. The Morgan fingerprint density at radius 2 is 1.48 bits per heavy atom. The maximum absolute atomic E-state index is 11.9. The van der Waals surface area contributed by atoms with Crippen LogP contribution in [0.3, 0.4) is 0 Å². The molecule has 1 rings (SSSR count). The summed E-state index contributed by atoms with van der Waals surface area (Å²) in [5.74, 6) is 0. The Labute approximate surface area is 179 Å². The number of aliphatic hydroxyl groups excluding tert-OH is 1. The minimum Gasteiger partial charge on any atom is -0.434 e. The lowest BCUT2D eigenvalue weighted by Gasteiger charge is -2.26. The van der Waals surface area contributed by atoms with Gasteiger partial charge in [-0.05, 0) is 45.2 Å². The summed E-state index contributed by atoms with van der Waals surface area (Å²) in [6, 6.07) is 0. The van der Waals surface area contributed by atoms with Gasteiger partial charge in [-0.1, -0.05) is 71.1 Å². The molecular formula is C24H47NO4. The number of carbonyl (C=O) groups excluding carboxylic acids is 1. The van der Waals surface area contributed by atoms with Crippen LogP contribution < -0.4 is 0 Å². The van der Waals surface area contributed by atoms with Crippen LogP contribution in [0.25, 0.3) is 0 Å². The number of nitrogens with zero attached hydrogens (tertiary/aromatic N) is 1. The van der Waals surface area contributed by atoms with Crippen molar-refractivity contribution in [2.75, 3.05) is 32.8 Å². The first-order valence-electron chi connectivity index (χ1n) is 12.4. The molecule has 0 unspecified atom stereocenters. The first-order valence-corrected chi connectivity index (χ1v) is 12.4. The lowest BCUT2D eigenvalue weighted by molar-refractivity contribution is 0.0101. The van der Waals surface area contributed by atoms with Gasteiger partial charge in [-0.3, -0.25) is 0 Å². The Morgan fingerprint density at radius 1 is 0.862 bits per heavy atom. The average molecular weight is 414 g/mol. The Hall–Kier alpha value is -0.810. The summed E-state index contributed by atoms with van der Waals surface area (Å²) in [5, 5.41) is 9.23. The van der Waals surface area contributed by atoms with E-state index in [1.165, 1.54) is 90.1 Å². The van der Waals surface area contributed by atoms with E-state index in [1.807, 2.05) is 0 Å². The third-order valence-electron chi connectivity index (χ3n) is 5.88. The number of likely N-dealkylation sites (tertiary alicyclic amines) is 1. The van der Waals surface area contributed by atoms with Crippen LogP contribution in [-0.2, 0) is 9.47 Å². The van der Waals surface area contributed by atoms with Crippen molar-refractivity contribution in [1.29, 1.82) is 0 Å². The van der Waals surface area contributed by atoms with E-state index in [4.69, 9.17) is 9.47 Å². The smallest absolute Gasteiger partial charge is 0.434 e. The molecule has 1 saturated heterocycles. The summed E-state index contributed by atoms with van der Waals surface area (Å²) in [4.78, 5) is 14.4. The van der Waals surface area contributed by atoms with E-state index in [1.54, 1.807) is 0 Å².